The van der Waals surface area contributed by atoms with Crippen LogP contribution >= 0.6 is 11.6 Å². The van der Waals surface area contributed by atoms with Crippen LogP contribution in [0.5, 0.6) is 0 Å². The average molecular weight is 239 g/mol. The minimum absolute atomic E-state index is 0.141. The predicted molar refractivity (Wildman–Crippen MR) is 70.0 cm³/mol. The molecule has 0 spiro atoms. The van der Waals surface area contributed by atoms with Crippen LogP contribution in [0.2, 0.25) is 5.02 Å². The van der Waals surface area contributed by atoms with E-state index in [1.807, 2.05) is 12.1 Å². The third kappa shape index (κ3) is 1.92. The molecular weight excluding hydrogens is 220 g/mol. The van der Waals surface area contributed by atoms with E-state index in [1.54, 1.807) is 0 Å². The van der Waals surface area contributed by atoms with Crippen LogP contribution in [0.1, 0.15) is 20.3 Å². The molecule has 3 heteroatoms. The molecule has 1 fully saturated rings. The molecule has 2 N–H and O–H groups in total. The zero-order valence-electron chi connectivity index (χ0n) is 9.91. The smallest absolute Gasteiger partial charge is 0.0407 e. The van der Waals surface area contributed by atoms with Gasteiger partial charge in [-0.15, -0.1) is 0 Å². The molecule has 0 aliphatic carbocycles. The van der Waals surface area contributed by atoms with Crippen LogP contribution in [0.15, 0.2) is 24.3 Å². The van der Waals surface area contributed by atoms with Crippen LogP contribution in [0.3, 0.4) is 0 Å². The lowest BCUT2D eigenvalue weighted by Crippen LogP contribution is -2.44. The summed E-state index contributed by atoms with van der Waals surface area (Å²) in [6.45, 7) is 6.38. The molecule has 1 atom stereocenters. The summed E-state index contributed by atoms with van der Waals surface area (Å²) < 4.78 is 0. The fraction of sp³-hybridized carbons (Fsp3) is 0.538. The van der Waals surface area contributed by atoms with Crippen molar-refractivity contribution in [2.24, 2.45) is 11.7 Å². The molecule has 16 heavy (non-hydrogen) atoms. The van der Waals surface area contributed by atoms with Crippen molar-refractivity contribution in [1.29, 1.82) is 0 Å². The molecule has 0 aromatic heterocycles. The quantitative estimate of drug-likeness (QED) is 0.859. The van der Waals surface area contributed by atoms with E-state index in [0.717, 1.165) is 18.1 Å². The molecule has 2 nitrogen and oxygen atoms in total. The second-order valence-electron chi connectivity index (χ2n) is 5.00. The number of halogens is 1. The summed E-state index contributed by atoms with van der Waals surface area (Å²) in [6.07, 6.45) is 1.17. The second kappa shape index (κ2) is 4.27. The van der Waals surface area contributed by atoms with Crippen molar-refractivity contribution >= 4 is 17.3 Å². The van der Waals surface area contributed by atoms with Crippen molar-refractivity contribution in [2.45, 2.75) is 25.8 Å². The largest absolute Gasteiger partial charge is 0.366 e. The normalized spacial score (nSPS) is 23.8. The van der Waals surface area contributed by atoms with E-state index in [1.165, 1.54) is 12.1 Å². The van der Waals surface area contributed by atoms with Crippen LogP contribution in [0, 0.1) is 5.92 Å². The molecule has 0 amide bonds. The summed E-state index contributed by atoms with van der Waals surface area (Å²) in [4.78, 5) is 2.43. The van der Waals surface area contributed by atoms with E-state index in [-0.39, 0.29) is 5.54 Å². The predicted octanol–water partition coefficient (Wildman–Crippen LogP) is 2.90. The molecule has 1 aromatic carbocycles. The maximum absolute atomic E-state index is 5.91. The van der Waals surface area contributed by atoms with Gasteiger partial charge < -0.3 is 10.6 Å². The van der Waals surface area contributed by atoms with Gasteiger partial charge in [0.2, 0.25) is 0 Å². The van der Waals surface area contributed by atoms with Crippen LogP contribution < -0.4 is 10.6 Å². The second-order valence-corrected chi connectivity index (χ2v) is 5.44. The van der Waals surface area contributed by atoms with Crippen molar-refractivity contribution in [3.05, 3.63) is 29.3 Å². The molecule has 1 aromatic rings. The fourth-order valence-corrected chi connectivity index (χ4v) is 2.76. The summed E-state index contributed by atoms with van der Waals surface area (Å²) in [5.41, 5.74) is 7.21. The maximum Gasteiger partial charge on any atom is 0.0407 e. The van der Waals surface area contributed by atoms with Crippen molar-refractivity contribution in [3.63, 3.8) is 0 Å². The van der Waals surface area contributed by atoms with Gasteiger partial charge in [0, 0.05) is 22.8 Å². The highest BCUT2D eigenvalue weighted by Crippen LogP contribution is 2.37. The highest BCUT2D eigenvalue weighted by molar-refractivity contribution is 6.30. The first-order chi connectivity index (χ1) is 7.55. The van der Waals surface area contributed by atoms with Crippen LogP contribution in [0.25, 0.3) is 0 Å². The number of nitrogens with two attached hydrogens (primary N) is 1. The molecule has 1 aliphatic heterocycles. The third-order valence-electron chi connectivity index (χ3n) is 3.82. The molecule has 1 heterocycles. The van der Waals surface area contributed by atoms with E-state index in [2.05, 4.69) is 30.9 Å². The molecule has 2 rings (SSSR count). The molecule has 0 bridgehead atoms. The number of hydrogen-bond donors (Lipinski definition) is 1. The SMILES string of the molecule is CC1(C)C(CN)CCN1c1ccc(Cl)cc1. The Morgan fingerprint density at radius 2 is 2.00 bits per heavy atom. The van der Waals surface area contributed by atoms with Crippen molar-refractivity contribution in [3.8, 4) is 0 Å². The van der Waals surface area contributed by atoms with Crippen LogP contribution in [-0.4, -0.2) is 18.6 Å². The van der Waals surface area contributed by atoms with E-state index in [9.17, 15) is 0 Å². The summed E-state index contributed by atoms with van der Waals surface area (Å²) >= 11 is 5.91. The fourth-order valence-electron chi connectivity index (χ4n) is 2.64. The first kappa shape index (κ1) is 11.7. The molecular formula is C13H19ClN2. The Bertz CT molecular complexity index is 359. The van der Waals surface area contributed by atoms with Gasteiger partial charge in [-0.05, 0) is 57.0 Å². The summed E-state index contributed by atoms with van der Waals surface area (Å²) in [5, 5.41) is 0.788. The molecule has 1 unspecified atom stereocenters. The molecule has 0 saturated carbocycles. The van der Waals surface area contributed by atoms with Gasteiger partial charge in [-0.1, -0.05) is 11.6 Å². The lowest BCUT2D eigenvalue weighted by Gasteiger charge is -2.37. The Morgan fingerprint density at radius 1 is 1.38 bits per heavy atom. The zero-order valence-corrected chi connectivity index (χ0v) is 10.7. The molecule has 1 saturated heterocycles. The van der Waals surface area contributed by atoms with Crippen molar-refractivity contribution in [1.82, 2.24) is 0 Å². The number of anilines is 1. The monoisotopic (exact) mass is 238 g/mol. The third-order valence-corrected chi connectivity index (χ3v) is 4.07. The van der Waals surface area contributed by atoms with E-state index < -0.39 is 0 Å². The minimum atomic E-state index is 0.141. The Labute approximate surface area is 102 Å². The number of hydrogen-bond acceptors (Lipinski definition) is 2. The summed E-state index contributed by atoms with van der Waals surface area (Å²) in [6, 6.07) is 8.07. The number of rotatable bonds is 2. The van der Waals surface area contributed by atoms with Gasteiger partial charge in [0.05, 0.1) is 0 Å². The average Bonchev–Trinajstić information content (AvgIpc) is 2.54. The standard InChI is InChI=1S/C13H19ClN2/c1-13(2)10(9-15)7-8-16(13)12-5-3-11(14)4-6-12/h3-6,10H,7-9,15H2,1-2H3. The Balaban J connectivity index is 2.26. The first-order valence-corrected chi connectivity index (χ1v) is 6.17. The Hall–Kier alpha value is -0.730. The highest BCUT2D eigenvalue weighted by Gasteiger charge is 2.40. The molecule has 0 radical (unpaired) electrons. The lowest BCUT2D eigenvalue weighted by atomic mass is 9.88. The lowest BCUT2D eigenvalue weighted by molar-refractivity contribution is 0.374. The molecule has 1 aliphatic rings. The number of nitrogens with zero attached hydrogens (tertiary/aromatic N) is 1. The summed E-state index contributed by atoms with van der Waals surface area (Å²) in [5.74, 6) is 0.572. The van der Waals surface area contributed by atoms with Gasteiger partial charge in [-0.2, -0.15) is 0 Å². The minimum Gasteiger partial charge on any atom is -0.366 e. The van der Waals surface area contributed by atoms with Gasteiger partial charge >= 0.3 is 0 Å². The Kier molecular flexibility index (Phi) is 3.13. The molecule has 88 valence electrons. The maximum atomic E-state index is 5.91. The van der Waals surface area contributed by atoms with E-state index in [4.69, 9.17) is 17.3 Å². The van der Waals surface area contributed by atoms with Gasteiger partial charge in [0.1, 0.15) is 0 Å². The van der Waals surface area contributed by atoms with E-state index in [0.29, 0.717) is 5.92 Å². The highest BCUT2D eigenvalue weighted by atomic mass is 35.5. The van der Waals surface area contributed by atoms with Crippen LogP contribution in [0.4, 0.5) is 5.69 Å². The van der Waals surface area contributed by atoms with Crippen molar-refractivity contribution < 1.29 is 0 Å². The van der Waals surface area contributed by atoms with E-state index >= 15 is 0 Å². The van der Waals surface area contributed by atoms with Gasteiger partial charge in [0.25, 0.3) is 0 Å². The topological polar surface area (TPSA) is 29.3 Å². The van der Waals surface area contributed by atoms with Gasteiger partial charge in [-0.3, -0.25) is 0 Å². The van der Waals surface area contributed by atoms with Gasteiger partial charge in [0.15, 0.2) is 0 Å². The number of benzene rings is 1. The zero-order chi connectivity index (χ0) is 11.8. The van der Waals surface area contributed by atoms with Crippen LogP contribution in [-0.2, 0) is 0 Å². The van der Waals surface area contributed by atoms with Crippen molar-refractivity contribution in [2.75, 3.05) is 18.0 Å². The Morgan fingerprint density at radius 3 is 2.50 bits per heavy atom. The first-order valence-electron chi connectivity index (χ1n) is 5.79. The summed E-state index contributed by atoms with van der Waals surface area (Å²) in [7, 11) is 0. The van der Waals surface area contributed by atoms with Gasteiger partial charge in [-0.25, -0.2) is 0 Å².